The fourth-order valence-electron chi connectivity index (χ4n) is 6.22. The molecule has 1 aromatic heterocycles. The monoisotopic (exact) mass is 507 g/mol. The number of hydrogen-bond donors (Lipinski definition) is 1. The van der Waals surface area contributed by atoms with Gasteiger partial charge in [-0.3, -0.25) is 14.4 Å². The predicted octanol–water partition coefficient (Wildman–Crippen LogP) is 2.85. The summed E-state index contributed by atoms with van der Waals surface area (Å²) >= 11 is 0. The summed E-state index contributed by atoms with van der Waals surface area (Å²) in [6.45, 7) is 7.61. The molecular weight excluding hydrogens is 473 g/mol. The Kier molecular flexibility index (Phi) is 7.33. The molecular formula is C28H34FN5O3. The molecule has 5 rings (SSSR count). The number of rotatable bonds is 7. The number of carbonyl (C=O) groups excluding carboxylic acids is 3. The lowest BCUT2D eigenvalue weighted by Gasteiger charge is -2.26. The van der Waals surface area contributed by atoms with E-state index < -0.39 is 5.92 Å². The second-order valence-electron chi connectivity index (χ2n) is 10.7. The SMILES string of the molecule is Cc1ncnc(C)c1C(=O)N1CC2CN(CC[C@H](NC(=O)C3CCCC3=O)c3cccc(F)c3)CC2C1. The van der Waals surface area contributed by atoms with Crippen LogP contribution in [0, 0.1) is 37.4 Å². The average molecular weight is 508 g/mol. The summed E-state index contributed by atoms with van der Waals surface area (Å²) in [4.78, 5) is 50.8. The lowest BCUT2D eigenvalue weighted by Crippen LogP contribution is -2.38. The first kappa shape index (κ1) is 25.4. The molecule has 1 N–H and O–H groups in total. The van der Waals surface area contributed by atoms with Crippen molar-refractivity contribution in [3.8, 4) is 0 Å². The maximum atomic E-state index is 14.0. The Hall–Kier alpha value is -3.20. The van der Waals surface area contributed by atoms with Crippen LogP contribution >= 0.6 is 0 Å². The van der Waals surface area contributed by atoms with Crippen molar-refractivity contribution < 1.29 is 18.8 Å². The molecule has 3 aliphatic rings. The highest BCUT2D eigenvalue weighted by Gasteiger charge is 2.42. The number of aromatic nitrogens is 2. The van der Waals surface area contributed by atoms with Crippen LogP contribution in [0.15, 0.2) is 30.6 Å². The summed E-state index contributed by atoms with van der Waals surface area (Å²) < 4.78 is 14.0. The van der Waals surface area contributed by atoms with E-state index in [-0.39, 0.29) is 29.5 Å². The zero-order chi connectivity index (χ0) is 26.1. The highest BCUT2D eigenvalue weighted by molar-refractivity contribution is 6.02. The number of Topliss-reactive ketones (excluding diaryl/α,β-unsaturated/α-hetero) is 1. The maximum absolute atomic E-state index is 14.0. The third-order valence-electron chi connectivity index (χ3n) is 8.21. The van der Waals surface area contributed by atoms with Gasteiger partial charge < -0.3 is 15.1 Å². The van der Waals surface area contributed by atoms with Crippen molar-refractivity contribution in [2.24, 2.45) is 17.8 Å². The number of nitrogens with zero attached hydrogens (tertiary/aromatic N) is 4. The van der Waals surface area contributed by atoms with Crippen LogP contribution in [-0.4, -0.2) is 70.1 Å². The van der Waals surface area contributed by atoms with E-state index in [2.05, 4.69) is 20.2 Å². The van der Waals surface area contributed by atoms with Gasteiger partial charge in [0.05, 0.1) is 28.9 Å². The van der Waals surface area contributed by atoms with Crippen molar-refractivity contribution in [1.82, 2.24) is 25.1 Å². The minimum absolute atomic E-state index is 0.00517. The van der Waals surface area contributed by atoms with E-state index in [0.717, 1.165) is 26.1 Å². The number of carbonyl (C=O) groups is 3. The molecule has 9 heteroatoms. The summed E-state index contributed by atoms with van der Waals surface area (Å²) in [7, 11) is 0. The summed E-state index contributed by atoms with van der Waals surface area (Å²) in [5.41, 5.74) is 2.74. The van der Waals surface area contributed by atoms with E-state index in [1.165, 1.54) is 18.5 Å². The highest BCUT2D eigenvalue weighted by atomic mass is 19.1. The first-order chi connectivity index (χ1) is 17.8. The molecule has 196 valence electrons. The van der Waals surface area contributed by atoms with Crippen LogP contribution in [0.25, 0.3) is 0 Å². The number of amides is 2. The van der Waals surface area contributed by atoms with Crippen LogP contribution in [0.3, 0.4) is 0 Å². The van der Waals surface area contributed by atoms with E-state index >= 15 is 0 Å². The van der Waals surface area contributed by atoms with Crippen molar-refractivity contribution in [2.75, 3.05) is 32.7 Å². The van der Waals surface area contributed by atoms with E-state index in [0.29, 0.717) is 66.7 Å². The van der Waals surface area contributed by atoms with E-state index in [4.69, 9.17) is 0 Å². The Labute approximate surface area is 216 Å². The first-order valence-electron chi connectivity index (χ1n) is 13.2. The van der Waals surface area contributed by atoms with Crippen LogP contribution in [0.2, 0.25) is 0 Å². The molecule has 37 heavy (non-hydrogen) atoms. The smallest absolute Gasteiger partial charge is 0.257 e. The summed E-state index contributed by atoms with van der Waals surface area (Å²) in [5, 5.41) is 3.04. The zero-order valence-electron chi connectivity index (χ0n) is 21.5. The van der Waals surface area contributed by atoms with Gasteiger partial charge in [0.15, 0.2) is 0 Å². The maximum Gasteiger partial charge on any atom is 0.257 e. The number of ketones is 1. The molecule has 3 fully saturated rings. The number of aryl methyl sites for hydroxylation is 2. The van der Waals surface area contributed by atoms with Crippen molar-refractivity contribution in [2.45, 2.75) is 45.6 Å². The number of hydrogen-bond acceptors (Lipinski definition) is 6. The second kappa shape index (κ2) is 10.7. The van der Waals surface area contributed by atoms with Gasteiger partial charge in [0.2, 0.25) is 5.91 Å². The third kappa shape index (κ3) is 5.42. The van der Waals surface area contributed by atoms with Crippen LogP contribution in [0.1, 0.15) is 59.0 Å². The minimum Gasteiger partial charge on any atom is -0.349 e. The van der Waals surface area contributed by atoms with Gasteiger partial charge in [0, 0.05) is 39.1 Å². The Morgan fingerprint density at radius 1 is 1.11 bits per heavy atom. The van der Waals surface area contributed by atoms with E-state index in [9.17, 15) is 18.8 Å². The van der Waals surface area contributed by atoms with Gasteiger partial charge in [0.25, 0.3) is 5.91 Å². The fraction of sp³-hybridized carbons (Fsp3) is 0.536. The topological polar surface area (TPSA) is 95.5 Å². The molecule has 1 saturated carbocycles. The summed E-state index contributed by atoms with van der Waals surface area (Å²) in [6.07, 6.45) is 3.89. The molecule has 1 aromatic carbocycles. The van der Waals surface area contributed by atoms with Crippen LogP contribution in [0.5, 0.6) is 0 Å². The Balaban J connectivity index is 1.19. The van der Waals surface area contributed by atoms with E-state index in [1.54, 1.807) is 6.07 Å². The zero-order valence-corrected chi connectivity index (χ0v) is 21.5. The van der Waals surface area contributed by atoms with Crippen LogP contribution in [0.4, 0.5) is 4.39 Å². The van der Waals surface area contributed by atoms with E-state index in [1.807, 2.05) is 24.8 Å². The normalized spacial score (nSPS) is 24.4. The molecule has 4 atom stereocenters. The molecule has 1 aliphatic carbocycles. The van der Waals surface area contributed by atoms with Gasteiger partial charge in [0.1, 0.15) is 17.9 Å². The Morgan fingerprint density at radius 3 is 2.43 bits per heavy atom. The van der Waals surface area contributed by atoms with Gasteiger partial charge >= 0.3 is 0 Å². The highest BCUT2D eigenvalue weighted by Crippen LogP contribution is 2.33. The predicted molar refractivity (Wildman–Crippen MR) is 135 cm³/mol. The number of nitrogens with one attached hydrogen (secondary N) is 1. The number of benzene rings is 1. The van der Waals surface area contributed by atoms with Gasteiger partial charge in [-0.15, -0.1) is 0 Å². The van der Waals surface area contributed by atoms with Gasteiger partial charge in [-0.25, -0.2) is 14.4 Å². The third-order valence-corrected chi connectivity index (χ3v) is 8.21. The minimum atomic E-state index is -0.590. The summed E-state index contributed by atoms with van der Waals surface area (Å²) in [6, 6.07) is 5.96. The van der Waals surface area contributed by atoms with Gasteiger partial charge in [-0.1, -0.05) is 12.1 Å². The molecule has 0 radical (unpaired) electrons. The molecule has 2 aromatic rings. The number of fused-ring (bicyclic) bond motifs is 1. The average Bonchev–Trinajstić information content (AvgIpc) is 3.56. The molecule has 8 nitrogen and oxygen atoms in total. The Bertz CT molecular complexity index is 1170. The quantitative estimate of drug-likeness (QED) is 0.579. The molecule has 0 spiro atoms. The Morgan fingerprint density at radius 2 is 1.81 bits per heavy atom. The first-order valence-corrected chi connectivity index (χ1v) is 13.2. The largest absolute Gasteiger partial charge is 0.349 e. The lowest BCUT2D eigenvalue weighted by molar-refractivity contribution is -0.132. The fourth-order valence-corrected chi connectivity index (χ4v) is 6.22. The van der Waals surface area contributed by atoms with Crippen molar-refractivity contribution >= 4 is 17.6 Å². The summed E-state index contributed by atoms with van der Waals surface area (Å²) in [5.74, 6) is -0.391. The van der Waals surface area contributed by atoms with Crippen molar-refractivity contribution in [3.05, 3.63) is 58.9 Å². The van der Waals surface area contributed by atoms with Crippen molar-refractivity contribution in [3.63, 3.8) is 0 Å². The second-order valence-corrected chi connectivity index (χ2v) is 10.7. The number of likely N-dealkylation sites (tertiary alicyclic amines) is 2. The standard InChI is InChI=1S/C28H34FN5O3/c1-17-26(18(2)31-16-30-17)28(37)34-14-20-12-33(13-21(20)15-34)10-9-24(19-5-3-6-22(29)11-19)32-27(36)23-7-4-8-25(23)35/h3,5-6,11,16,20-21,23-24H,4,7-10,12-15H2,1-2H3,(H,32,36)/t20?,21?,23?,24-/m0/s1. The molecule has 0 bridgehead atoms. The lowest BCUT2D eigenvalue weighted by atomic mass is 10.0. The van der Waals surface area contributed by atoms with Gasteiger partial charge in [-0.2, -0.15) is 0 Å². The van der Waals surface area contributed by atoms with Gasteiger partial charge in [-0.05, 0) is 62.6 Å². The molecule has 2 saturated heterocycles. The number of halogens is 1. The van der Waals surface area contributed by atoms with Crippen molar-refractivity contribution in [1.29, 1.82) is 0 Å². The molecule has 3 heterocycles. The van der Waals surface area contributed by atoms with Crippen LogP contribution in [-0.2, 0) is 9.59 Å². The van der Waals surface area contributed by atoms with Crippen LogP contribution < -0.4 is 5.32 Å². The molecule has 2 amide bonds. The molecule has 3 unspecified atom stereocenters. The molecule has 2 aliphatic heterocycles.